The second-order valence-electron chi connectivity index (χ2n) is 7.47. The second-order valence-corrected chi connectivity index (χ2v) is 9.81. The smallest absolute Gasteiger partial charge is 0.309 e. The van der Waals surface area contributed by atoms with Crippen LogP contribution >= 0.6 is 11.6 Å². The molecule has 31 heavy (non-hydrogen) atoms. The highest BCUT2D eigenvalue weighted by atomic mass is 35.5. The van der Waals surface area contributed by atoms with Gasteiger partial charge in [0, 0.05) is 24.7 Å². The van der Waals surface area contributed by atoms with Crippen LogP contribution in [0.5, 0.6) is 0 Å². The van der Waals surface area contributed by atoms with Crippen molar-refractivity contribution in [2.45, 2.75) is 31.2 Å². The Labute approximate surface area is 187 Å². The van der Waals surface area contributed by atoms with E-state index in [0.29, 0.717) is 17.9 Å². The summed E-state index contributed by atoms with van der Waals surface area (Å²) in [5, 5.41) is 3.21. The van der Waals surface area contributed by atoms with Gasteiger partial charge in [0.2, 0.25) is 10.0 Å². The molecular formula is C22H25ClN2O5S. The Morgan fingerprint density at radius 3 is 2.39 bits per heavy atom. The first kappa shape index (κ1) is 23.2. The van der Waals surface area contributed by atoms with Crippen LogP contribution in [-0.2, 0) is 30.9 Å². The molecule has 166 valence electrons. The van der Waals surface area contributed by atoms with Crippen LogP contribution in [0.3, 0.4) is 0 Å². The van der Waals surface area contributed by atoms with Crippen molar-refractivity contribution in [3.05, 3.63) is 64.7 Å². The minimum Gasteiger partial charge on any atom is -0.455 e. The summed E-state index contributed by atoms with van der Waals surface area (Å²) in [4.78, 5) is 24.5. The molecular weight excluding hydrogens is 440 g/mol. The maximum atomic E-state index is 12.8. The summed E-state index contributed by atoms with van der Waals surface area (Å²) in [6, 6.07) is 13.8. The molecule has 1 heterocycles. The van der Waals surface area contributed by atoms with Gasteiger partial charge >= 0.3 is 5.97 Å². The Hall–Kier alpha value is -2.42. The molecule has 1 N–H and O–H groups in total. The van der Waals surface area contributed by atoms with Crippen LogP contribution in [-0.4, -0.2) is 44.3 Å². The number of piperidine rings is 1. The van der Waals surface area contributed by atoms with Gasteiger partial charge in [0.25, 0.3) is 5.91 Å². The molecule has 0 saturated carbocycles. The number of sulfonamides is 1. The van der Waals surface area contributed by atoms with Crippen molar-refractivity contribution in [3.63, 3.8) is 0 Å². The zero-order valence-corrected chi connectivity index (χ0v) is 18.8. The summed E-state index contributed by atoms with van der Waals surface area (Å²) in [7, 11) is -3.58. The van der Waals surface area contributed by atoms with Crippen LogP contribution in [0.25, 0.3) is 0 Å². The van der Waals surface area contributed by atoms with E-state index in [0.717, 1.165) is 11.1 Å². The van der Waals surface area contributed by atoms with Crippen molar-refractivity contribution in [1.82, 2.24) is 9.62 Å². The van der Waals surface area contributed by atoms with Crippen molar-refractivity contribution in [2.24, 2.45) is 5.92 Å². The number of ether oxygens (including phenoxy) is 1. The highest BCUT2D eigenvalue weighted by molar-refractivity contribution is 7.89. The van der Waals surface area contributed by atoms with Gasteiger partial charge in [-0.15, -0.1) is 0 Å². The highest BCUT2D eigenvalue weighted by Gasteiger charge is 2.32. The molecule has 0 aliphatic carbocycles. The molecule has 0 atom stereocenters. The number of carbonyl (C=O) groups excluding carboxylic acids is 2. The van der Waals surface area contributed by atoms with Gasteiger partial charge in [0.1, 0.15) is 0 Å². The van der Waals surface area contributed by atoms with E-state index >= 15 is 0 Å². The number of hydrogen-bond acceptors (Lipinski definition) is 5. The van der Waals surface area contributed by atoms with Crippen LogP contribution < -0.4 is 5.32 Å². The van der Waals surface area contributed by atoms with E-state index in [9.17, 15) is 18.0 Å². The lowest BCUT2D eigenvalue weighted by molar-refractivity contribution is -0.153. The molecule has 0 spiro atoms. The predicted octanol–water partition coefficient (Wildman–Crippen LogP) is 2.91. The summed E-state index contributed by atoms with van der Waals surface area (Å²) in [5.41, 5.74) is 1.75. The number of carbonyl (C=O) groups is 2. The Balaban J connectivity index is 1.44. The van der Waals surface area contributed by atoms with Crippen LogP contribution in [0.1, 0.15) is 24.0 Å². The fraction of sp³-hybridized carbons (Fsp3) is 0.364. The molecule has 2 aromatic carbocycles. The SMILES string of the molecule is Cc1ccc(S(=O)(=O)N2CCC(C(=O)OCC(=O)NCc3ccccc3Cl)CC2)cc1. The Morgan fingerprint density at radius 1 is 1.10 bits per heavy atom. The van der Waals surface area contributed by atoms with Gasteiger partial charge < -0.3 is 10.1 Å². The maximum absolute atomic E-state index is 12.8. The standard InChI is InChI=1S/C22H25ClN2O5S/c1-16-6-8-19(9-7-16)31(28,29)25-12-10-17(11-13-25)22(27)30-15-21(26)24-14-18-4-2-3-5-20(18)23/h2-9,17H,10-15H2,1H3,(H,24,26). The first-order valence-corrected chi connectivity index (χ1v) is 11.8. The number of aryl methyl sites for hydroxylation is 1. The molecule has 1 aliphatic rings. The van der Waals surface area contributed by atoms with Crippen molar-refractivity contribution < 1.29 is 22.7 Å². The summed E-state index contributed by atoms with van der Waals surface area (Å²) < 4.78 is 32.0. The third-order valence-corrected chi connectivity index (χ3v) is 7.51. The number of rotatable bonds is 7. The molecule has 0 aromatic heterocycles. The van der Waals surface area contributed by atoms with Gasteiger partial charge in [0.15, 0.2) is 6.61 Å². The molecule has 7 nitrogen and oxygen atoms in total. The zero-order chi connectivity index (χ0) is 22.4. The van der Waals surface area contributed by atoms with Crippen LogP contribution in [0, 0.1) is 12.8 Å². The van der Waals surface area contributed by atoms with Crippen molar-refractivity contribution in [3.8, 4) is 0 Å². The molecule has 0 radical (unpaired) electrons. The summed E-state index contributed by atoms with van der Waals surface area (Å²) >= 11 is 6.04. The van der Waals surface area contributed by atoms with Crippen molar-refractivity contribution in [2.75, 3.05) is 19.7 Å². The zero-order valence-electron chi connectivity index (χ0n) is 17.2. The number of benzene rings is 2. The van der Waals surface area contributed by atoms with Gasteiger partial charge in [-0.05, 0) is 43.5 Å². The third-order valence-electron chi connectivity index (χ3n) is 5.23. The van der Waals surface area contributed by atoms with Gasteiger partial charge in [-0.25, -0.2) is 8.42 Å². The minimum atomic E-state index is -3.58. The third kappa shape index (κ3) is 6.06. The molecule has 1 amide bonds. The predicted molar refractivity (Wildman–Crippen MR) is 117 cm³/mol. The second kappa shape index (κ2) is 10.3. The number of hydrogen-bond donors (Lipinski definition) is 1. The first-order chi connectivity index (χ1) is 14.8. The fourth-order valence-corrected chi connectivity index (χ4v) is 5.00. The lowest BCUT2D eigenvalue weighted by Gasteiger charge is -2.30. The number of esters is 1. The molecule has 1 aliphatic heterocycles. The van der Waals surface area contributed by atoms with Crippen LogP contribution in [0.15, 0.2) is 53.4 Å². The molecule has 1 fully saturated rings. The summed E-state index contributed by atoms with van der Waals surface area (Å²) in [6.45, 7) is 2.21. The van der Waals surface area contributed by atoms with E-state index in [1.54, 1.807) is 42.5 Å². The molecule has 0 unspecified atom stereocenters. The van der Waals surface area contributed by atoms with Crippen LogP contribution in [0.4, 0.5) is 0 Å². The van der Waals surface area contributed by atoms with Gasteiger partial charge in [-0.3, -0.25) is 9.59 Å². The number of amides is 1. The Kier molecular flexibility index (Phi) is 7.69. The van der Waals surface area contributed by atoms with E-state index in [1.807, 2.05) is 13.0 Å². The maximum Gasteiger partial charge on any atom is 0.309 e. The quantitative estimate of drug-likeness (QED) is 0.636. The monoisotopic (exact) mass is 464 g/mol. The van der Waals surface area contributed by atoms with E-state index in [2.05, 4.69) is 5.32 Å². The van der Waals surface area contributed by atoms with E-state index < -0.39 is 27.8 Å². The first-order valence-electron chi connectivity index (χ1n) is 10.0. The van der Waals surface area contributed by atoms with E-state index in [4.69, 9.17) is 16.3 Å². The molecule has 9 heteroatoms. The fourth-order valence-electron chi connectivity index (χ4n) is 3.33. The Morgan fingerprint density at radius 2 is 1.74 bits per heavy atom. The van der Waals surface area contributed by atoms with Gasteiger partial charge in [-0.1, -0.05) is 47.5 Å². The molecule has 3 rings (SSSR count). The van der Waals surface area contributed by atoms with Gasteiger partial charge in [-0.2, -0.15) is 4.31 Å². The highest BCUT2D eigenvalue weighted by Crippen LogP contribution is 2.25. The minimum absolute atomic E-state index is 0.231. The number of nitrogens with zero attached hydrogens (tertiary/aromatic N) is 1. The average Bonchev–Trinajstić information content (AvgIpc) is 2.77. The van der Waals surface area contributed by atoms with Crippen LogP contribution in [0.2, 0.25) is 5.02 Å². The average molecular weight is 465 g/mol. The van der Waals surface area contributed by atoms with Crippen molar-refractivity contribution in [1.29, 1.82) is 0 Å². The van der Waals surface area contributed by atoms with Gasteiger partial charge in [0.05, 0.1) is 10.8 Å². The number of nitrogens with one attached hydrogen (secondary N) is 1. The lowest BCUT2D eigenvalue weighted by Crippen LogP contribution is -2.41. The topological polar surface area (TPSA) is 92.8 Å². The lowest BCUT2D eigenvalue weighted by atomic mass is 9.98. The van der Waals surface area contributed by atoms with E-state index in [1.165, 1.54) is 4.31 Å². The normalized spacial score (nSPS) is 15.4. The van der Waals surface area contributed by atoms with Crippen molar-refractivity contribution >= 4 is 33.5 Å². The summed E-state index contributed by atoms with van der Waals surface area (Å²) in [6.07, 6.45) is 0.705. The molecule has 0 bridgehead atoms. The summed E-state index contributed by atoms with van der Waals surface area (Å²) in [5.74, 6) is -1.34. The molecule has 2 aromatic rings. The Bertz CT molecular complexity index is 1030. The molecule has 1 saturated heterocycles. The number of halogens is 1. The largest absolute Gasteiger partial charge is 0.455 e. The van der Waals surface area contributed by atoms with E-state index in [-0.39, 0.29) is 31.1 Å².